The predicted molar refractivity (Wildman–Crippen MR) is 84.0 cm³/mol. The van der Waals surface area contributed by atoms with Crippen molar-refractivity contribution in [1.82, 2.24) is 4.72 Å². The van der Waals surface area contributed by atoms with E-state index in [2.05, 4.69) is 4.72 Å². The molecule has 0 saturated carbocycles. The molecule has 0 radical (unpaired) electrons. The second-order valence-corrected chi connectivity index (χ2v) is 7.50. The van der Waals surface area contributed by atoms with Crippen molar-refractivity contribution in [3.05, 3.63) is 29.8 Å². The molecule has 5 nitrogen and oxygen atoms in total. The minimum Gasteiger partial charge on any atom is -0.330 e. The second kappa shape index (κ2) is 6.56. The minimum absolute atomic E-state index is 0.366. The largest absolute Gasteiger partial charge is 0.330 e. The topological polar surface area (TPSA) is 75.4 Å². The molecular weight excluding hydrogens is 274 g/mol. The highest BCUT2D eigenvalue weighted by Crippen LogP contribution is 2.19. The zero-order valence-electron chi connectivity index (χ0n) is 12.7. The van der Waals surface area contributed by atoms with E-state index < -0.39 is 15.7 Å². The van der Waals surface area contributed by atoms with Crippen LogP contribution in [-0.4, -0.2) is 27.0 Å². The van der Waals surface area contributed by atoms with Gasteiger partial charge in [0.05, 0.1) is 5.69 Å². The zero-order valence-corrected chi connectivity index (χ0v) is 13.5. The van der Waals surface area contributed by atoms with Crippen molar-refractivity contribution in [2.75, 3.05) is 17.4 Å². The number of hydrogen-bond acceptors (Lipinski definition) is 3. The molecule has 0 aliphatic carbocycles. The van der Waals surface area contributed by atoms with Crippen molar-refractivity contribution in [2.45, 2.75) is 39.7 Å². The summed E-state index contributed by atoms with van der Waals surface area (Å²) < 4.78 is 29.1. The van der Waals surface area contributed by atoms with Gasteiger partial charge in [-0.05, 0) is 52.8 Å². The lowest BCUT2D eigenvalue weighted by molar-refractivity contribution is 0.488. The van der Waals surface area contributed by atoms with Crippen LogP contribution in [-0.2, 0) is 10.2 Å². The third-order valence-corrected chi connectivity index (χ3v) is 4.46. The van der Waals surface area contributed by atoms with Crippen molar-refractivity contribution in [1.29, 1.82) is 0 Å². The maximum Gasteiger partial charge on any atom is 0.302 e. The Morgan fingerprint density at radius 1 is 1.20 bits per heavy atom. The van der Waals surface area contributed by atoms with Crippen LogP contribution in [0, 0.1) is 6.92 Å². The first-order valence-corrected chi connectivity index (χ1v) is 8.18. The van der Waals surface area contributed by atoms with Crippen LogP contribution >= 0.6 is 0 Å². The summed E-state index contributed by atoms with van der Waals surface area (Å²) in [7, 11) is -3.59. The predicted octanol–water partition coefficient (Wildman–Crippen LogP) is 1.78. The van der Waals surface area contributed by atoms with Crippen molar-refractivity contribution in [2.24, 2.45) is 5.73 Å². The lowest BCUT2D eigenvalue weighted by atomic mass is 10.1. The van der Waals surface area contributed by atoms with Gasteiger partial charge in [0, 0.05) is 12.1 Å². The van der Waals surface area contributed by atoms with Gasteiger partial charge in [0.2, 0.25) is 0 Å². The van der Waals surface area contributed by atoms with Gasteiger partial charge >= 0.3 is 10.2 Å². The number of benzene rings is 1. The molecule has 0 bridgehead atoms. The van der Waals surface area contributed by atoms with Gasteiger partial charge in [-0.2, -0.15) is 13.1 Å². The van der Waals surface area contributed by atoms with E-state index in [0.717, 1.165) is 5.56 Å². The number of rotatable bonds is 6. The molecule has 6 heteroatoms. The molecule has 114 valence electrons. The SMILES string of the molecule is Cc1ccc(N(CCCN)S(=O)(=O)NC(C)(C)C)cc1. The number of nitrogens with two attached hydrogens (primary N) is 1. The summed E-state index contributed by atoms with van der Waals surface area (Å²) >= 11 is 0. The summed E-state index contributed by atoms with van der Waals surface area (Å²) in [5.74, 6) is 0. The Morgan fingerprint density at radius 2 is 1.75 bits per heavy atom. The van der Waals surface area contributed by atoms with Crippen LogP contribution in [0.1, 0.15) is 32.8 Å². The van der Waals surface area contributed by atoms with Crippen molar-refractivity contribution in [3.8, 4) is 0 Å². The first kappa shape index (κ1) is 16.9. The van der Waals surface area contributed by atoms with Crippen LogP contribution in [0.4, 0.5) is 5.69 Å². The summed E-state index contributed by atoms with van der Waals surface area (Å²) in [6.07, 6.45) is 0.610. The Kier molecular flexibility index (Phi) is 5.56. The third kappa shape index (κ3) is 5.11. The monoisotopic (exact) mass is 299 g/mol. The fourth-order valence-corrected chi connectivity index (χ4v) is 3.43. The van der Waals surface area contributed by atoms with Gasteiger partial charge in [-0.3, -0.25) is 4.31 Å². The first-order valence-electron chi connectivity index (χ1n) is 6.74. The molecule has 0 aliphatic heterocycles. The summed E-state index contributed by atoms with van der Waals surface area (Å²) in [5, 5.41) is 0. The van der Waals surface area contributed by atoms with E-state index in [1.807, 2.05) is 52.0 Å². The molecule has 0 saturated heterocycles. The molecule has 0 aliphatic rings. The quantitative estimate of drug-likeness (QED) is 0.841. The van der Waals surface area contributed by atoms with E-state index in [1.165, 1.54) is 4.31 Å². The van der Waals surface area contributed by atoms with Gasteiger partial charge in [0.1, 0.15) is 0 Å². The normalized spacial score (nSPS) is 12.4. The lowest BCUT2D eigenvalue weighted by Crippen LogP contribution is -2.49. The average molecular weight is 299 g/mol. The zero-order chi connectivity index (χ0) is 15.4. The molecular formula is C14H25N3O2S. The fourth-order valence-electron chi connectivity index (χ4n) is 1.78. The molecule has 3 N–H and O–H groups in total. The Bertz CT molecular complexity index is 518. The highest BCUT2D eigenvalue weighted by Gasteiger charge is 2.26. The molecule has 0 aromatic heterocycles. The Labute approximate surface area is 122 Å². The highest BCUT2D eigenvalue weighted by molar-refractivity contribution is 7.90. The molecule has 20 heavy (non-hydrogen) atoms. The maximum atomic E-state index is 12.5. The number of nitrogens with zero attached hydrogens (tertiary/aromatic N) is 1. The van der Waals surface area contributed by atoms with E-state index in [1.54, 1.807) is 0 Å². The lowest BCUT2D eigenvalue weighted by Gasteiger charge is -2.29. The van der Waals surface area contributed by atoms with Crippen LogP contribution in [0.25, 0.3) is 0 Å². The van der Waals surface area contributed by atoms with E-state index in [-0.39, 0.29) is 0 Å². The minimum atomic E-state index is -3.59. The highest BCUT2D eigenvalue weighted by atomic mass is 32.2. The maximum absolute atomic E-state index is 12.5. The number of aryl methyl sites for hydroxylation is 1. The van der Waals surface area contributed by atoms with Gasteiger partial charge in [0.25, 0.3) is 0 Å². The molecule has 0 spiro atoms. The van der Waals surface area contributed by atoms with Crippen LogP contribution in [0.5, 0.6) is 0 Å². The van der Waals surface area contributed by atoms with Crippen molar-refractivity contribution < 1.29 is 8.42 Å². The van der Waals surface area contributed by atoms with Gasteiger partial charge in [-0.1, -0.05) is 17.7 Å². The van der Waals surface area contributed by atoms with Gasteiger partial charge < -0.3 is 5.73 Å². The molecule has 0 atom stereocenters. The Morgan fingerprint density at radius 3 is 2.20 bits per heavy atom. The van der Waals surface area contributed by atoms with Gasteiger partial charge in [0.15, 0.2) is 0 Å². The van der Waals surface area contributed by atoms with Gasteiger partial charge in [-0.15, -0.1) is 0 Å². The van der Waals surface area contributed by atoms with Crippen LogP contribution in [0.15, 0.2) is 24.3 Å². The molecule has 0 heterocycles. The third-order valence-electron chi connectivity index (χ3n) is 2.61. The molecule has 1 aromatic rings. The summed E-state index contributed by atoms with van der Waals surface area (Å²) in [4.78, 5) is 0. The van der Waals surface area contributed by atoms with E-state index in [0.29, 0.717) is 25.2 Å². The average Bonchev–Trinajstić information content (AvgIpc) is 2.28. The molecule has 1 aromatic carbocycles. The summed E-state index contributed by atoms with van der Waals surface area (Å²) in [5.41, 5.74) is 6.73. The molecule has 1 rings (SSSR count). The fraction of sp³-hybridized carbons (Fsp3) is 0.571. The van der Waals surface area contributed by atoms with Crippen LogP contribution in [0.3, 0.4) is 0 Å². The van der Waals surface area contributed by atoms with E-state index in [9.17, 15) is 8.42 Å². The standard InChI is InChI=1S/C14H25N3O2S/c1-12-6-8-13(9-7-12)17(11-5-10-15)20(18,19)16-14(2,3)4/h6-9,16H,5,10-11,15H2,1-4H3. The number of anilines is 1. The summed E-state index contributed by atoms with van der Waals surface area (Å²) in [6.45, 7) is 8.25. The molecule has 0 amide bonds. The summed E-state index contributed by atoms with van der Waals surface area (Å²) in [6, 6.07) is 7.43. The van der Waals surface area contributed by atoms with E-state index >= 15 is 0 Å². The molecule has 0 fully saturated rings. The Hall–Kier alpha value is -1.11. The number of nitrogens with one attached hydrogen (secondary N) is 1. The second-order valence-electron chi connectivity index (χ2n) is 5.91. The number of hydrogen-bond donors (Lipinski definition) is 2. The first-order chi connectivity index (χ1) is 9.15. The van der Waals surface area contributed by atoms with Gasteiger partial charge in [-0.25, -0.2) is 0 Å². The van der Waals surface area contributed by atoms with Crippen LogP contribution < -0.4 is 14.8 Å². The Balaban J connectivity index is 3.08. The van der Waals surface area contributed by atoms with Crippen molar-refractivity contribution >= 4 is 15.9 Å². The smallest absolute Gasteiger partial charge is 0.302 e. The van der Waals surface area contributed by atoms with Crippen molar-refractivity contribution in [3.63, 3.8) is 0 Å². The van der Waals surface area contributed by atoms with Crippen LogP contribution in [0.2, 0.25) is 0 Å². The molecule has 0 unspecified atom stereocenters. The van der Waals surface area contributed by atoms with E-state index in [4.69, 9.17) is 5.73 Å².